The lowest BCUT2D eigenvalue weighted by molar-refractivity contribution is -0.111. The van der Waals surface area contributed by atoms with E-state index in [1.54, 1.807) is 10.6 Å². The second-order valence-corrected chi connectivity index (χ2v) is 6.68. The van der Waals surface area contributed by atoms with Crippen molar-refractivity contribution >= 4 is 39.4 Å². The molecule has 0 bridgehead atoms. The molecule has 0 amide bonds. The number of benzene rings is 2. The molecule has 6 nitrogen and oxygen atoms in total. The Morgan fingerprint density at radius 1 is 1.19 bits per heavy atom. The summed E-state index contributed by atoms with van der Waals surface area (Å²) in [6, 6.07) is 8.40. The topological polar surface area (TPSA) is 85.8 Å². The normalized spacial score (nSPS) is 12.9. The van der Waals surface area contributed by atoms with Gasteiger partial charge in [-0.15, -0.1) is 0 Å². The van der Waals surface area contributed by atoms with Crippen LogP contribution in [0.25, 0.3) is 33.1 Å². The molecule has 0 aliphatic carbocycles. The van der Waals surface area contributed by atoms with E-state index < -0.39 is 6.17 Å². The summed E-state index contributed by atoms with van der Waals surface area (Å²) >= 11 is 0. The number of carbonyl (C=O) groups excluding carboxylic acids is 1. The van der Waals surface area contributed by atoms with Crippen molar-refractivity contribution in [2.75, 3.05) is 13.1 Å². The Morgan fingerprint density at radius 3 is 2.56 bits per heavy atom. The van der Waals surface area contributed by atoms with Crippen LogP contribution in [0.2, 0.25) is 0 Å². The second kappa shape index (κ2) is 6.68. The Hall–Kier alpha value is -2.90. The molecular weight excluding hydrogens is 345 g/mol. The summed E-state index contributed by atoms with van der Waals surface area (Å²) in [7, 11) is 0. The fraction of sp³-hybridized carbons (Fsp3) is 0.250. The van der Waals surface area contributed by atoms with Crippen LogP contribution < -0.4 is 11.1 Å². The van der Waals surface area contributed by atoms with Gasteiger partial charge < -0.3 is 10.3 Å². The van der Waals surface area contributed by atoms with Crippen LogP contribution in [0.1, 0.15) is 17.3 Å². The van der Waals surface area contributed by atoms with Gasteiger partial charge in [0.05, 0.1) is 16.6 Å². The Morgan fingerprint density at radius 2 is 1.89 bits per heavy atom. The van der Waals surface area contributed by atoms with E-state index in [1.807, 2.05) is 26.0 Å². The highest BCUT2D eigenvalue weighted by molar-refractivity contribution is 6.07. The van der Waals surface area contributed by atoms with Gasteiger partial charge in [0, 0.05) is 18.5 Å². The maximum atomic E-state index is 13.9. The minimum Gasteiger partial charge on any atom is -0.329 e. The molecule has 4 rings (SSSR count). The number of nitrogens with two attached hydrogens (primary N) is 1. The van der Waals surface area contributed by atoms with Crippen molar-refractivity contribution in [2.45, 2.75) is 20.0 Å². The summed E-state index contributed by atoms with van der Waals surface area (Å²) in [5.41, 5.74) is 11.1. The van der Waals surface area contributed by atoms with Crippen LogP contribution in [-0.4, -0.2) is 33.9 Å². The number of hydrogen-bond donors (Lipinski definition) is 2. The van der Waals surface area contributed by atoms with E-state index >= 15 is 0 Å². The maximum absolute atomic E-state index is 13.9. The van der Waals surface area contributed by atoms with Crippen LogP contribution in [-0.2, 0) is 4.79 Å². The molecule has 0 saturated heterocycles. The number of fused-ring (bicyclic) bond motifs is 4. The van der Waals surface area contributed by atoms with Gasteiger partial charge in [-0.1, -0.05) is 0 Å². The lowest BCUT2D eigenvalue weighted by atomic mass is 10.1. The number of aryl methyl sites for hydroxylation is 2. The predicted molar refractivity (Wildman–Crippen MR) is 104 cm³/mol. The van der Waals surface area contributed by atoms with Crippen LogP contribution in [0.5, 0.6) is 0 Å². The number of aldehydes is 1. The van der Waals surface area contributed by atoms with Crippen molar-refractivity contribution in [1.29, 1.82) is 0 Å². The highest BCUT2D eigenvalue weighted by atomic mass is 19.1. The average molecular weight is 365 g/mol. The van der Waals surface area contributed by atoms with E-state index in [-0.39, 0.29) is 5.82 Å². The molecule has 2 aromatic heterocycles. The van der Waals surface area contributed by atoms with Gasteiger partial charge in [0.2, 0.25) is 0 Å². The number of hydrogen-bond acceptors (Lipinski definition) is 5. The van der Waals surface area contributed by atoms with Gasteiger partial charge in [0.1, 0.15) is 17.5 Å². The zero-order valence-electron chi connectivity index (χ0n) is 15.2. The molecule has 2 aromatic carbocycles. The first-order valence-electron chi connectivity index (χ1n) is 8.80. The Bertz CT molecular complexity index is 1180. The van der Waals surface area contributed by atoms with Crippen molar-refractivity contribution < 1.29 is 9.18 Å². The molecule has 0 aliphatic rings. The van der Waals surface area contributed by atoms with Gasteiger partial charge in [-0.3, -0.25) is 10.1 Å². The van der Waals surface area contributed by atoms with E-state index in [0.717, 1.165) is 28.4 Å². The van der Waals surface area contributed by atoms with Crippen LogP contribution in [0.3, 0.4) is 0 Å². The zero-order chi connectivity index (χ0) is 19.1. The number of aromatic nitrogens is 3. The summed E-state index contributed by atoms with van der Waals surface area (Å²) in [6.07, 6.45) is 0.127. The zero-order valence-corrected chi connectivity index (χ0v) is 15.2. The fourth-order valence-electron chi connectivity index (χ4n) is 3.39. The van der Waals surface area contributed by atoms with Gasteiger partial charge >= 0.3 is 0 Å². The van der Waals surface area contributed by atoms with Crippen LogP contribution in [0.15, 0.2) is 30.3 Å². The van der Waals surface area contributed by atoms with Crippen molar-refractivity contribution in [3.8, 4) is 0 Å². The SMILES string of the molecule is Cc1cc2nc3c4cc(F)ccc4n(C(C=O)NCCN)c3nc2cc1C. The highest BCUT2D eigenvalue weighted by Gasteiger charge is 2.21. The van der Waals surface area contributed by atoms with Crippen molar-refractivity contribution in [2.24, 2.45) is 5.73 Å². The van der Waals surface area contributed by atoms with Crippen LogP contribution in [0.4, 0.5) is 4.39 Å². The van der Waals surface area contributed by atoms with Crippen LogP contribution >= 0.6 is 0 Å². The predicted octanol–water partition coefficient (Wildman–Crippen LogP) is 2.74. The summed E-state index contributed by atoms with van der Waals surface area (Å²) in [6.45, 7) is 4.89. The first-order chi connectivity index (χ1) is 13.0. The lowest BCUT2D eigenvalue weighted by Gasteiger charge is -2.16. The minimum absolute atomic E-state index is 0.360. The lowest BCUT2D eigenvalue weighted by Crippen LogP contribution is -2.32. The third-order valence-corrected chi connectivity index (χ3v) is 4.87. The van der Waals surface area contributed by atoms with Crippen molar-refractivity contribution in [1.82, 2.24) is 19.9 Å². The molecule has 27 heavy (non-hydrogen) atoms. The summed E-state index contributed by atoms with van der Waals surface area (Å²) in [4.78, 5) is 21.3. The molecule has 0 spiro atoms. The number of nitrogens with one attached hydrogen (secondary N) is 1. The summed E-state index contributed by atoms with van der Waals surface area (Å²) in [5, 5.41) is 3.72. The molecule has 3 N–H and O–H groups in total. The highest BCUT2D eigenvalue weighted by Crippen LogP contribution is 2.31. The Kier molecular flexibility index (Phi) is 4.33. The van der Waals surface area contributed by atoms with Gasteiger partial charge in [0.25, 0.3) is 0 Å². The van der Waals surface area contributed by atoms with E-state index in [0.29, 0.717) is 35.2 Å². The minimum atomic E-state index is -0.669. The molecule has 2 heterocycles. The van der Waals surface area contributed by atoms with Crippen LogP contribution in [0, 0.1) is 19.7 Å². The second-order valence-electron chi connectivity index (χ2n) is 6.68. The average Bonchev–Trinajstić information content (AvgIpc) is 2.95. The molecule has 0 aliphatic heterocycles. The molecule has 0 saturated carbocycles. The van der Waals surface area contributed by atoms with Crippen molar-refractivity contribution in [3.05, 3.63) is 47.3 Å². The fourth-order valence-corrected chi connectivity index (χ4v) is 3.39. The van der Waals surface area contributed by atoms with Gasteiger partial charge in [-0.25, -0.2) is 14.4 Å². The molecular formula is C20H20FN5O. The Balaban J connectivity index is 2.11. The molecule has 4 aromatic rings. The molecule has 0 fully saturated rings. The largest absolute Gasteiger partial charge is 0.329 e. The summed E-state index contributed by atoms with van der Waals surface area (Å²) < 4.78 is 15.7. The third-order valence-electron chi connectivity index (χ3n) is 4.87. The van der Waals surface area contributed by atoms with E-state index in [1.165, 1.54) is 12.1 Å². The number of rotatable bonds is 5. The van der Waals surface area contributed by atoms with Crippen molar-refractivity contribution in [3.63, 3.8) is 0 Å². The van der Waals surface area contributed by atoms with Gasteiger partial charge in [-0.05, 0) is 55.3 Å². The Labute approximate surface area is 155 Å². The van der Waals surface area contributed by atoms with E-state index in [4.69, 9.17) is 15.7 Å². The first kappa shape index (κ1) is 17.5. The number of halogens is 1. The van der Waals surface area contributed by atoms with E-state index in [2.05, 4.69) is 5.32 Å². The maximum Gasteiger partial charge on any atom is 0.162 e. The third kappa shape index (κ3) is 2.85. The van der Waals surface area contributed by atoms with Gasteiger partial charge in [0.15, 0.2) is 11.9 Å². The molecule has 7 heteroatoms. The monoisotopic (exact) mass is 365 g/mol. The molecule has 138 valence electrons. The quantitative estimate of drug-likeness (QED) is 0.531. The molecule has 0 radical (unpaired) electrons. The number of carbonyl (C=O) groups is 1. The summed E-state index contributed by atoms with van der Waals surface area (Å²) in [5.74, 6) is -0.360. The standard InChI is InChI=1S/C20H20FN5O/c1-11-7-15-16(8-12(11)2)25-20-19(24-15)14-9-13(21)3-4-17(14)26(20)18(10-27)23-6-5-22/h3-4,7-10,18,23H,5-6,22H2,1-2H3. The smallest absolute Gasteiger partial charge is 0.162 e. The number of nitrogens with zero attached hydrogens (tertiary/aromatic N) is 3. The molecule has 1 atom stereocenters. The first-order valence-corrected chi connectivity index (χ1v) is 8.80. The van der Waals surface area contributed by atoms with Gasteiger partial charge in [-0.2, -0.15) is 0 Å². The molecule has 1 unspecified atom stereocenters. The van der Waals surface area contributed by atoms with E-state index in [9.17, 15) is 9.18 Å².